The van der Waals surface area contributed by atoms with Gasteiger partial charge in [-0.2, -0.15) is 0 Å². The third kappa shape index (κ3) is 4.15. The second-order valence-electron chi connectivity index (χ2n) is 6.36. The molecule has 2 aromatic carbocycles. The van der Waals surface area contributed by atoms with E-state index in [2.05, 4.69) is 11.6 Å². The van der Waals surface area contributed by atoms with Crippen molar-refractivity contribution in [3.63, 3.8) is 0 Å². The Hall–Kier alpha value is -3.74. The van der Waals surface area contributed by atoms with E-state index in [-0.39, 0.29) is 17.3 Å². The van der Waals surface area contributed by atoms with Gasteiger partial charge in [0.2, 0.25) is 5.90 Å². The molecule has 0 aromatic heterocycles. The molecule has 0 spiro atoms. The number of nitro benzene ring substituents is 1. The van der Waals surface area contributed by atoms with Crippen molar-refractivity contribution in [3.8, 4) is 5.75 Å². The first-order valence-corrected chi connectivity index (χ1v) is 8.49. The van der Waals surface area contributed by atoms with Gasteiger partial charge in [0.05, 0.1) is 4.92 Å². The van der Waals surface area contributed by atoms with E-state index in [1.165, 1.54) is 12.1 Å². The quantitative estimate of drug-likeness (QED) is 0.247. The average Bonchev–Trinajstić information content (AvgIpc) is 3.00. The van der Waals surface area contributed by atoms with Gasteiger partial charge < -0.3 is 9.47 Å². The predicted molar refractivity (Wildman–Crippen MR) is 105 cm³/mol. The van der Waals surface area contributed by atoms with Crippen LogP contribution in [0.1, 0.15) is 23.6 Å². The van der Waals surface area contributed by atoms with Crippen molar-refractivity contribution in [2.45, 2.75) is 13.8 Å². The van der Waals surface area contributed by atoms with Crippen molar-refractivity contribution < 1.29 is 19.2 Å². The maximum atomic E-state index is 12.2. The van der Waals surface area contributed by atoms with E-state index < -0.39 is 10.9 Å². The fourth-order valence-electron chi connectivity index (χ4n) is 2.64. The number of esters is 1. The molecule has 28 heavy (non-hydrogen) atoms. The molecule has 0 unspecified atom stereocenters. The lowest BCUT2D eigenvalue weighted by atomic mass is 10.1. The molecule has 2 aromatic rings. The molecule has 3 rings (SSSR count). The topological polar surface area (TPSA) is 91.0 Å². The van der Waals surface area contributed by atoms with Crippen LogP contribution >= 0.6 is 0 Å². The Bertz CT molecular complexity index is 1040. The summed E-state index contributed by atoms with van der Waals surface area (Å²) in [5.74, 6) is 0.0729. The number of hydrogen-bond donors (Lipinski definition) is 0. The molecule has 0 amide bonds. The van der Waals surface area contributed by atoms with Gasteiger partial charge in [0, 0.05) is 17.2 Å². The monoisotopic (exact) mass is 378 g/mol. The smallest absolute Gasteiger partial charge is 0.363 e. The highest BCUT2D eigenvalue weighted by molar-refractivity contribution is 6.13. The van der Waals surface area contributed by atoms with Crippen molar-refractivity contribution >= 4 is 23.6 Å². The fraction of sp³-hybridized carbons (Fsp3) is 0.143. The van der Waals surface area contributed by atoms with Crippen LogP contribution in [0.2, 0.25) is 0 Å². The van der Waals surface area contributed by atoms with Crippen molar-refractivity contribution in [2.75, 3.05) is 6.61 Å². The molecule has 0 N–H and O–H groups in total. The SMILES string of the molecule is C=C(C)COc1cccc(/C=C2\N=C(c3cccc([N+](=O)[O-])c3C)OC2=O)c1. The van der Waals surface area contributed by atoms with Gasteiger partial charge in [-0.25, -0.2) is 9.79 Å². The average molecular weight is 378 g/mol. The van der Waals surface area contributed by atoms with Gasteiger partial charge in [-0.05, 0) is 49.3 Å². The molecular formula is C21H18N2O5. The lowest BCUT2D eigenvalue weighted by molar-refractivity contribution is -0.385. The largest absolute Gasteiger partial charge is 0.489 e. The first-order chi connectivity index (χ1) is 13.3. The van der Waals surface area contributed by atoms with E-state index in [0.717, 1.165) is 5.57 Å². The molecule has 0 radical (unpaired) electrons. The van der Waals surface area contributed by atoms with Crippen molar-refractivity contribution in [2.24, 2.45) is 4.99 Å². The van der Waals surface area contributed by atoms with Crippen LogP contribution in [0.5, 0.6) is 5.75 Å². The number of carbonyl (C=O) groups is 1. The predicted octanol–water partition coefficient (Wildman–Crippen LogP) is 4.20. The zero-order valence-electron chi connectivity index (χ0n) is 15.5. The van der Waals surface area contributed by atoms with Gasteiger partial charge in [-0.3, -0.25) is 10.1 Å². The van der Waals surface area contributed by atoms with E-state index in [0.29, 0.717) is 29.0 Å². The normalized spacial score (nSPS) is 14.6. The summed E-state index contributed by atoms with van der Waals surface area (Å²) in [7, 11) is 0. The second-order valence-corrected chi connectivity index (χ2v) is 6.36. The van der Waals surface area contributed by atoms with Crippen LogP contribution in [-0.2, 0) is 9.53 Å². The summed E-state index contributed by atoms with van der Waals surface area (Å²) in [4.78, 5) is 27.1. The zero-order chi connectivity index (χ0) is 20.3. The lowest BCUT2D eigenvalue weighted by Gasteiger charge is -2.06. The van der Waals surface area contributed by atoms with Crippen molar-refractivity contribution in [1.29, 1.82) is 0 Å². The minimum atomic E-state index is -0.617. The molecule has 1 aliphatic rings. The Morgan fingerprint density at radius 2 is 2.07 bits per heavy atom. The third-order valence-corrected chi connectivity index (χ3v) is 4.00. The van der Waals surface area contributed by atoms with Crippen LogP contribution in [0.3, 0.4) is 0 Å². The van der Waals surface area contributed by atoms with Crippen LogP contribution in [0.4, 0.5) is 5.69 Å². The first-order valence-electron chi connectivity index (χ1n) is 8.49. The standard InChI is InChI=1S/C21H18N2O5/c1-13(2)12-27-16-7-4-6-15(10-16)11-18-21(24)28-20(22-18)17-8-5-9-19(14(17)3)23(25)26/h4-11H,1,12H2,2-3H3/b18-11-. The number of hydrogen-bond acceptors (Lipinski definition) is 6. The summed E-state index contributed by atoms with van der Waals surface area (Å²) in [6, 6.07) is 11.7. The maximum Gasteiger partial charge on any atom is 0.363 e. The zero-order valence-corrected chi connectivity index (χ0v) is 15.5. The number of ether oxygens (including phenoxy) is 2. The Morgan fingerprint density at radius 1 is 1.32 bits per heavy atom. The highest BCUT2D eigenvalue weighted by Crippen LogP contribution is 2.26. The van der Waals surface area contributed by atoms with Crippen molar-refractivity contribution in [1.82, 2.24) is 0 Å². The van der Waals surface area contributed by atoms with Crippen LogP contribution in [0.25, 0.3) is 6.08 Å². The molecule has 0 atom stereocenters. The molecular weight excluding hydrogens is 360 g/mol. The summed E-state index contributed by atoms with van der Waals surface area (Å²) in [6.07, 6.45) is 1.58. The van der Waals surface area contributed by atoms with Crippen LogP contribution in [-0.4, -0.2) is 23.4 Å². The Balaban J connectivity index is 1.90. The van der Waals surface area contributed by atoms with Crippen LogP contribution < -0.4 is 4.74 Å². The summed E-state index contributed by atoms with van der Waals surface area (Å²) in [6.45, 7) is 7.65. The minimum Gasteiger partial charge on any atom is -0.489 e. The molecule has 1 aliphatic heterocycles. The summed E-state index contributed by atoms with van der Waals surface area (Å²) < 4.78 is 10.8. The summed E-state index contributed by atoms with van der Waals surface area (Å²) >= 11 is 0. The van der Waals surface area contributed by atoms with Crippen molar-refractivity contribution in [3.05, 3.63) is 87.1 Å². The van der Waals surface area contributed by atoms with Gasteiger partial charge in [-0.15, -0.1) is 0 Å². The number of benzene rings is 2. The Morgan fingerprint density at radius 3 is 2.79 bits per heavy atom. The molecule has 142 valence electrons. The lowest BCUT2D eigenvalue weighted by Crippen LogP contribution is -2.08. The number of nitro groups is 1. The van der Waals surface area contributed by atoms with E-state index >= 15 is 0 Å². The summed E-state index contributed by atoms with van der Waals surface area (Å²) in [5, 5.41) is 11.1. The molecule has 0 saturated carbocycles. The third-order valence-electron chi connectivity index (χ3n) is 4.00. The molecule has 0 saturated heterocycles. The highest BCUT2D eigenvalue weighted by Gasteiger charge is 2.27. The highest BCUT2D eigenvalue weighted by atomic mass is 16.6. The van der Waals surface area contributed by atoms with E-state index in [1.54, 1.807) is 43.3 Å². The fourth-order valence-corrected chi connectivity index (χ4v) is 2.64. The van der Waals surface area contributed by atoms with Gasteiger partial charge in [0.25, 0.3) is 5.69 Å². The van der Waals surface area contributed by atoms with Gasteiger partial charge in [0.15, 0.2) is 5.70 Å². The van der Waals surface area contributed by atoms with Crippen LogP contribution in [0.15, 0.2) is 65.3 Å². The first kappa shape index (κ1) is 19.0. The molecule has 0 bridgehead atoms. The Labute approximate surface area is 161 Å². The van der Waals surface area contributed by atoms with E-state index in [4.69, 9.17) is 9.47 Å². The molecule has 0 aliphatic carbocycles. The minimum absolute atomic E-state index is 0.0483. The molecule has 7 heteroatoms. The van der Waals surface area contributed by atoms with Gasteiger partial charge in [0.1, 0.15) is 12.4 Å². The maximum absolute atomic E-state index is 12.2. The van der Waals surface area contributed by atoms with E-state index in [9.17, 15) is 14.9 Å². The number of nitrogens with zero attached hydrogens (tertiary/aromatic N) is 2. The molecule has 7 nitrogen and oxygen atoms in total. The number of cyclic esters (lactones) is 1. The number of rotatable bonds is 6. The molecule has 1 heterocycles. The number of carbonyl (C=O) groups excluding carboxylic acids is 1. The summed E-state index contributed by atoms with van der Waals surface area (Å²) in [5.41, 5.74) is 2.45. The van der Waals surface area contributed by atoms with Crippen LogP contribution in [0, 0.1) is 17.0 Å². The number of aliphatic imine (C=N–C) groups is 1. The van der Waals surface area contributed by atoms with Gasteiger partial charge >= 0.3 is 5.97 Å². The Kier molecular flexibility index (Phi) is 5.35. The van der Waals surface area contributed by atoms with E-state index in [1.807, 2.05) is 6.92 Å². The molecule has 0 fully saturated rings. The van der Waals surface area contributed by atoms with Gasteiger partial charge in [-0.1, -0.05) is 24.8 Å². The second kappa shape index (κ2) is 7.87.